The van der Waals surface area contributed by atoms with E-state index in [0.29, 0.717) is 6.23 Å². The first kappa shape index (κ1) is 12.0. The second kappa shape index (κ2) is 3.82. The third-order valence-corrected chi connectivity index (χ3v) is 2.55. The molecule has 1 fully saturated rings. The van der Waals surface area contributed by atoms with E-state index in [1.54, 1.807) is 0 Å². The van der Waals surface area contributed by atoms with Crippen molar-refractivity contribution in [2.45, 2.75) is 71.8 Å². The van der Waals surface area contributed by atoms with Gasteiger partial charge in [0.2, 0.25) is 0 Å². The molecular weight excluding hydrogens is 174 g/mol. The molecule has 0 N–H and O–H groups in total. The molecule has 0 bridgehead atoms. The van der Waals surface area contributed by atoms with Gasteiger partial charge in [-0.1, -0.05) is 0 Å². The summed E-state index contributed by atoms with van der Waals surface area (Å²) < 4.78 is 6.06. The van der Waals surface area contributed by atoms with Crippen LogP contribution in [0.3, 0.4) is 0 Å². The summed E-state index contributed by atoms with van der Waals surface area (Å²) in [5.41, 5.74) is 0.199. The highest BCUT2D eigenvalue weighted by Crippen LogP contribution is 2.29. The first-order valence-electron chi connectivity index (χ1n) is 5.65. The Hall–Kier alpha value is -0.0800. The molecule has 1 aliphatic rings. The Morgan fingerprint density at radius 1 is 1.07 bits per heavy atom. The fourth-order valence-electron chi connectivity index (χ4n) is 2.03. The topological polar surface area (TPSA) is 12.5 Å². The van der Waals surface area contributed by atoms with Gasteiger partial charge in [-0.15, -0.1) is 0 Å². The molecule has 0 aromatic heterocycles. The lowest BCUT2D eigenvalue weighted by atomic mass is 10.1. The van der Waals surface area contributed by atoms with Crippen molar-refractivity contribution in [1.29, 1.82) is 0 Å². The van der Waals surface area contributed by atoms with Gasteiger partial charge in [0, 0.05) is 12.1 Å². The molecule has 0 radical (unpaired) electrons. The SMILES string of the molecule is CC(C)(C)O[C@H]1CCCN1C(C)(C)C. The van der Waals surface area contributed by atoms with Crippen molar-refractivity contribution >= 4 is 0 Å². The van der Waals surface area contributed by atoms with Gasteiger partial charge in [0.25, 0.3) is 0 Å². The van der Waals surface area contributed by atoms with Gasteiger partial charge in [-0.3, -0.25) is 4.90 Å². The minimum Gasteiger partial charge on any atom is -0.358 e. The van der Waals surface area contributed by atoms with Gasteiger partial charge in [-0.25, -0.2) is 0 Å². The van der Waals surface area contributed by atoms with Gasteiger partial charge >= 0.3 is 0 Å². The molecule has 14 heavy (non-hydrogen) atoms. The fraction of sp³-hybridized carbons (Fsp3) is 1.00. The highest BCUT2D eigenvalue weighted by Gasteiger charge is 2.35. The van der Waals surface area contributed by atoms with E-state index in [2.05, 4.69) is 46.4 Å². The van der Waals surface area contributed by atoms with Crippen molar-refractivity contribution in [3.63, 3.8) is 0 Å². The highest BCUT2D eigenvalue weighted by atomic mass is 16.5. The molecule has 0 aromatic rings. The van der Waals surface area contributed by atoms with Crippen molar-refractivity contribution < 1.29 is 4.74 Å². The molecule has 2 nitrogen and oxygen atoms in total. The van der Waals surface area contributed by atoms with Crippen LogP contribution < -0.4 is 0 Å². The van der Waals surface area contributed by atoms with E-state index in [0.717, 1.165) is 0 Å². The Morgan fingerprint density at radius 3 is 2.07 bits per heavy atom. The van der Waals surface area contributed by atoms with Gasteiger partial charge in [-0.2, -0.15) is 0 Å². The molecule has 1 rings (SSSR count). The standard InChI is InChI=1S/C12H25NO/c1-11(2,3)13-9-7-8-10(13)14-12(4,5)6/h10H,7-9H2,1-6H3/t10-/m0/s1. The number of likely N-dealkylation sites (tertiary alicyclic amines) is 1. The monoisotopic (exact) mass is 199 g/mol. The maximum atomic E-state index is 6.06. The number of hydrogen-bond donors (Lipinski definition) is 0. The van der Waals surface area contributed by atoms with Gasteiger partial charge in [0.15, 0.2) is 0 Å². The van der Waals surface area contributed by atoms with E-state index in [-0.39, 0.29) is 11.1 Å². The van der Waals surface area contributed by atoms with Crippen LogP contribution in [-0.2, 0) is 4.74 Å². The van der Waals surface area contributed by atoms with Crippen LogP contribution in [0, 0.1) is 0 Å². The largest absolute Gasteiger partial charge is 0.358 e. The molecule has 0 unspecified atom stereocenters. The normalized spacial score (nSPS) is 25.7. The van der Waals surface area contributed by atoms with E-state index in [1.807, 2.05) is 0 Å². The molecular formula is C12H25NO. The second-order valence-electron chi connectivity index (χ2n) is 6.19. The second-order valence-corrected chi connectivity index (χ2v) is 6.19. The summed E-state index contributed by atoms with van der Waals surface area (Å²) in [6, 6.07) is 0. The van der Waals surface area contributed by atoms with Gasteiger partial charge in [0.1, 0.15) is 6.23 Å². The molecule has 1 aliphatic heterocycles. The predicted molar refractivity (Wildman–Crippen MR) is 60.3 cm³/mol. The zero-order valence-electron chi connectivity index (χ0n) is 10.6. The molecule has 1 saturated heterocycles. The number of nitrogens with zero attached hydrogens (tertiary/aromatic N) is 1. The molecule has 0 aromatic carbocycles. The zero-order chi connectivity index (χ0) is 11.0. The summed E-state index contributed by atoms with van der Waals surface area (Å²) in [7, 11) is 0. The van der Waals surface area contributed by atoms with E-state index in [1.165, 1.54) is 19.4 Å². The maximum Gasteiger partial charge on any atom is 0.111 e. The summed E-state index contributed by atoms with van der Waals surface area (Å²) in [6.07, 6.45) is 2.75. The van der Waals surface area contributed by atoms with Crippen LogP contribution >= 0.6 is 0 Å². The Kier molecular flexibility index (Phi) is 3.27. The summed E-state index contributed by atoms with van der Waals surface area (Å²) in [5, 5.41) is 0. The van der Waals surface area contributed by atoms with Crippen LogP contribution in [0.2, 0.25) is 0 Å². The molecule has 1 heterocycles. The van der Waals surface area contributed by atoms with Crippen molar-refractivity contribution in [3.8, 4) is 0 Å². The molecule has 84 valence electrons. The van der Waals surface area contributed by atoms with Crippen LogP contribution in [-0.4, -0.2) is 28.8 Å². The predicted octanol–water partition coefficient (Wildman–Crippen LogP) is 3.02. The summed E-state index contributed by atoms with van der Waals surface area (Å²) >= 11 is 0. The van der Waals surface area contributed by atoms with Crippen LogP contribution in [0.5, 0.6) is 0 Å². The molecule has 0 spiro atoms. The smallest absolute Gasteiger partial charge is 0.111 e. The molecule has 1 atom stereocenters. The molecule has 0 amide bonds. The fourth-order valence-corrected chi connectivity index (χ4v) is 2.03. The number of rotatable bonds is 1. The van der Waals surface area contributed by atoms with Crippen LogP contribution in [0.25, 0.3) is 0 Å². The van der Waals surface area contributed by atoms with E-state index in [9.17, 15) is 0 Å². The van der Waals surface area contributed by atoms with E-state index >= 15 is 0 Å². The lowest BCUT2D eigenvalue weighted by Gasteiger charge is -2.39. The average Bonchev–Trinajstić information content (AvgIpc) is 2.29. The quantitative estimate of drug-likeness (QED) is 0.643. The lowest BCUT2D eigenvalue weighted by molar-refractivity contribution is -0.138. The summed E-state index contributed by atoms with van der Waals surface area (Å²) in [4.78, 5) is 2.47. The average molecular weight is 199 g/mol. The summed E-state index contributed by atoms with van der Waals surface area (Å²) in [5.74, 6) is 0. The minimum absolute atomic E-state index is 0.0293. The minimum atomic E-state index is -0.0293. The van der Waals surface area contributed by atoms with Crippen molar-refractivity contribution in [2.75, 3.05) is 6.54 Å². The van der Waals surface area contributed by atoms with Crippen molar-refractivity contribution in [2.24, 2.45) is 0 Å². The van der Waals surface area contributed by atoms with Crippen LogP contribution in [0.4, 0.5) is 0 Å². The Bertz CT molecular complexity index is 187. The number of ether oxygens (including phenoxy) is 1. The van der Waals surface area contributed by atoms with Crippen LogP contribution in [0.1, 0.15) is 54.4 Å². The van der Waals surface area contributed by atoms with Gasteiger partial charge < -0.3 is 4.74 Å². The van der Waals surface area contributed by atoms with Gasteiger partial charge in [0.05, 0.1) is 5.60 Å². The Labute approximate surface area is 88.6 Å². The molecule has 0 saturated carbocycles. The first-order valence-corrected chi connectivity index (χ1v) is 5.65. The van der Waals surface area contributed by atoms with Crippen molar-refractivity contribution in [3.05, 3.63) is 0 Å². The highest BCUT2D eigenvalue weighted by molar-refractivity contribution is 4.84. The molecule has 2 heteroatoms. The third kappa shape index (κ3) is 3.25. The third-order valence-electron chi connectivity index (χ3n) is 2.55. The van der Waals surface area contributed by atoms with Crippen molar-refractivity contribution in [1.82, 2.24) is 4.90 Å². The lowest BCUT2D eigenvalue weighted by Crippen LogP contribution is -2.47. The zero-order valence-corrected chi connectivity index (χ0v) is 10.6. The Balaban J connectivity index is 2.61. The number of hydrogen-bond acceptors (Lipinski definition) is 2. The van der Waals surface area contributed by atoms with Crippen LogP contribution in [0.15, 0.2) is 0 Å². The Morgan fingerprint density at radius 2 is 1.64 bits per heavy atom. The maximum absolute atomic E-state index is 6.06. The van der Waals surface area contributed by atoms with E-state index in [4.69, 9.17) is 4.74 Å². The summed E-state index contributed by atoms with van der Waals surface area (Å²) in [6.45, 7) is 14.3. The first-order chi connectivity index (χ1) is 6.20. The van der Waals surface area contributed by atoms with Gasteiger partial charge in [-0.05, 0) is 54.4 Å². The molecule has 0 aliphatic carbocycles. The van der Waals surface area contributed by atoms with E-state index < -0.39 is 0 Å².